The smallest absolute Gasteiger partial charge is 0.330 e. The van der Waals surface area contributed by atoms with E-state index in [4.69, 9.17) is 10.5 Å². The number of rotatable bonds is 5. The maximum Gasteiger partial charge on any atom is 0.330 e. The topological polar surface area (TPSA) is 115 Å². The van der Waals surface area contributed by atoms with Crippen LogP contribution >= 0.6 is 0 Å². The summed E-state index contributed by atoms with van der Waals surface area (Å²) >= 11 is 0. The lowest BCUT2D eigenvalue weighted by Crippen LogP contribution is -2.45. The van der Waals surface area contributed by atoms with Crippen molar-refractivity contribution in [3.63, 3.8) is 0 Å². The van der Waals surface area contributed by atoms with Crippen molar-refractivity contribution in [2.45, 2.75) is 13.0 Å². The average molecular weight is 286 g/mol. The molecule has 1 atom stereocenters. The van der Waals surface area contributed by atoms with Crippen molar-refractivity contribution < 1.29 is 14.3 Å². The summed E-state index contributed by atoms with van der Waals surface area (Å²) in [7, 11) is 1.23. The van der Waals surface area contributed by atoms with Crippen molar-refractivity contribution in [1.82, 2.24) is 5.32 Å². The summed E-state index contributed by atoms with van der Waals surface area (Å²) in [5, 5.41) is 23.1. The molecule has 0 radical (unpaired) electrons. The standard InChI is InChI=1S/C14H14N4O3/c1-9(19)18-13(14(20)21-2)8-17-12-4-3-10(6-15)11(5-12)7-16/h3-5,13,17H,8H2,1-2H3,(H,18,19). The predicted octanol–water partition coefficient (Wildman–Crippen LogP) is 0.520. The monoisotopic (exact) mass is 286 g/mol. The third-order valence-corrected chi connectivity index (χ3v) is 2.63. The fourth-order valence-electron chi connectivity index (χ4n) is 1.65. The van der Waals surface area contributed by atoms with E-state index in [-0.39, 0.29) is 23.6 Å². The summed E-state index contributed by atoms with van der Waals surface area (Å²) in [5.74, 6) is -0.934. The number of hydrogen-bond acceptors (Lipinski definition) is 6. The second-order valence-corrected chi connectivity index (χ2v) is 4.14. The van der Waals surface area contributed by atoms with Gasteiger partial charge in [-0.2, -0.15) is 10.5 Å². The highest BCUT2D eigenvalue weighted by Gasteiger charge is 2.19. The second kappa shape index (κ2) is 7.51. The highest BCUT2D eigenvalue weighted by atomic mass is 16.5. The number of esters is 1. The molecular weight excluding hydrogens is 272 g/mol. The number of nitrogens with zero attached hydrogens (tertiary/aromatic N) is 2. The van der Waals surface area contributed by atoms with Crippen molar-refractivity contribution in [3.8, 4) is 12.1 Å². The van der Waals surface area contributed by atoms with E-state index in [0.717, 1.165) is 0 Å². The number of nitriles is 2. The Morgan fingerprint density at radius 3 is 2.48 bits per heavy atom. The van der Waals surface area contributed by atoms with Gasteiger partial charge in [0.25, 0.3) is 0 Å². The summed E-state index contributed by atoms with van der Waals surface area (Å²) in [6, 6.07) is 7.61. The number of hydrogen-bond donors (Lipinski definition) is 2. The zero-order chi connectivity index (χ0) is 15.8. The van der Waals surface area contributed by atoms with E-state index in [0.29, 0.717) is 5.69 Å². The minimum absolute atomic E-state index is 0.100. The lowest BCUT2D eigenvalue weighted by atomic mass is 10.1. The van der Waals surface area contributed by atoms with E-state index in [9.17, 15) is 9.59 Å². The van der Waals surface area contributed by atoms with Crippen LogP contribution in [0.25, 0.3) is 0 Å². The normalized spacial score (nSPS) is 10.7. The molecule has 108 valence electrons. The van der Waals surface area contributed by atoms with E-state index in [2.05, 4.69) is 15.4 Å². The Hall–Kier alpha value is -3.06. The fraction of sp³-hybridized carbons (Fsp3) is 0.286. The molecule has 0 aliphatic carbocycles. The molecule has 0 heterocycles. The molecule has 7 heteroatoms. The average Bonchev–Trinajstić information content (AvgIpc) is 2.49. The highest BCUT2D eigenvalue weighted by molar-refractivity contribution is 5.83. The van der Waals surface area contributed by atoms with Gasteiger partial charge in [-0.1, -0.05) is 0 Å². The Morgan fingerprint density at radius 2 is 1.95 bits per heavy atom. The molecule has 0 aliphatic heterocycles. The minimum Gasteiger partial charge on any atom is -0.467 e. The van der Waals surface area contributed by atoms with Gasteiger partial charge in [0.05, 0.1) is 18.2 Å². The zero-order valence-corrected chi connectivity index (χ0v) is 11.6. The van der Waals surface area contributed by atoms with E-state index in [1.54, 1.807) is 6.07 Å². The van der Waals surface area contributed by atoms with Crippen LogP contribution in [-0.4, -0.2) is 31.6 Å². The first-order chi connectivity index (χ1) is 10.0. The van der Waals surface area contributed by atoms with Gasteiger partial charge < -0.3 is 15.4 Å². The zero-order valence-electron chi connectivity index (χ0n) is 11.6. The molecule has 1 rings (SSSR count). The molecule has 2 N–H and O–H groups in total. The van der Waals surface area contributed by atoms with Crippen LogP contribution in [-0.2, 0) is 14.3 Å². The molecule has 1 aromatic rings. The highest BCUT2D eigenvalue weighted by Crippen LogP contribution is 2.14. The van der Waals surface area contributed by atoms with E-state index in [1.807, 2.05) is 12.1 Å². The van der Waals surface area contributed by atoms with Crippen LogP contribution in [0.4, 0.5) is 5.69 Å². The summed E-state index contributed by atoms with van der Waals surface area (Å²) < 4.78 is 4.59. The molecule has 0 bridgehead atoms. The van der Waals surface area contributed by atoms with E-state index < -0.39 is 12.0 Å². The van der Waals surface area contributed by atoms with Gasteiger partial charge in [0.2, 0.25) is 5.91 Å². The lowest BCUT2D eigenvalue weighted by molar-refractivity contribution is -0.144. The fourth-order valence-corrected chi connectivity index (χ4v) is 1.65. The second-order valence-electron chi connectivity index (χ2n) is 4.14. The molecule has 21 heavy (non-hydrogen) atoms. The van der Waals surface area contributed by atoms with Crippen LogP contribution in [0.15, 0.2) is 18.2 Å². The van der Waals surface area contributed by atoms with Gasteiger partial charge in [-0.25, -0.2) is 4.79 Å². The van der Waals surface area contributed by atoms with Crippen molar-refractivity contribution in [3.05, 3.63) is 29.3 Å². The van der Waals surface area contributed by atoms with Crippen LogP contribution < -0.4 is 10.6 Å². The van der Waals surface area contributed by atoms with Gasteiger partial charge in [-0.05, 0) is 18.2 Å². The first kappa shape index (κ1) is 16.0. The molecule has 1 amide bonds. The van der Waals surface area contributed by atoms with Crippen LogP contribution in [0.5, 0.6) is 0 Å². The van der Waals surface area contributed by atoms with Gasteiger partial charge in [0.15, 0.2) is 0 Å². The van der Waals surface area contributed by atoms with Crippen LogP contribution in [0.3, 0.4) is 0 Å². The molecule has 0 aliphatic rings. The van der Waals surface area contributed by atoms with Crippen molar-refractivity contribution in [2.75, 3.05) is 19.0 Å². The van der Waals surface area contributed by atoms with Crippen LogP contribution in [0.1, 0.15) is 18.1 Å². The van der Waals surface area contributed by atoms with E-state index in [1.165, 1.54) is 26.2 Å². The molecule has 0 aromatic heterocycles. The number of nitrogens with one attached hydrogen (secondary N) is 2. The largest absolute Gasteiger partial charge is 0.467 e. The maximum absolute atomic E-state index is 11.5. The van der Waals surface area contributed by atoms with Crippen molar-refractivity contribution >= 4 is 17.6 Å². The lowest BCUT2D eigenvalue weighted by Gasteiger charge is -2.17. The summed E-state index contributed by atoms with van der Waals surface area (Å²) in [4.78, 5) is 22.6. The summed E-state index contributed by atoms with van der Waals surface area (Å²) in [6.07, 6.45) is 0. The number of benzene rings is 1. The summed E-state index contributed by atoms with van der Waals surface area (Å²) in [5.41, 5.74) is 1.07. The molecule has 7 nitrogen and oxygen atoms in total. The summed E-state index contributed by atoms with van der Waals surface area (Å²) in [6.45, 7) is 1.40. The quantitative estimate of drug-likeness (QED) is 0.762. The molecule has 0 saturated carbocycles. The van der Waals surface area contributed by atoms with Crippen molar-refractivity contribution in [1.29, 1.82) is 10.5 Å². The molecule has 0 fully saturated rings. The molecule has 0 saturated heterocycles. The Kier molecular flexibility index (Phi) is 5.72. The number of carbonyl (C=O) groups excluding carboxylic acids is 2. The Labute approximate surface area is 122 Å². The number of carbonyl (C=O) groups is 2. The maximum atomic E-state index is 11.5. The van der Waals surface area contributed by atoms with Gasteiger partial charge in [-0.3, -0.25) is 4.79 Å². The predicted molar refractivity (Wildman–Crippen MR) is 74.0 cm³/mol. The van der Waals surface area contributed by atoms with Crippen molar-refractivity contribution in [2.24, 2.45) is 0 Å². The first-order valence-electron chi connectivity index (χ1n) is 6.05. The molecular formula is C14H14N4O3. The number of anilines is 1. The van der Waals surface area contributed by atoms with Gasteiger partial charge in [0.1, 0.15) is 18.2 Å². The molecule has 1 aromatic carbocycles. The third kappa shape index (κ3) is 4.51. The van der Waals surface area contributed by atoms with Crippen LogP contribution in [0.2, 0.25) is 0 Å². The molecule has 1 unspecified atom stereocenters. The molecule has 0 spiro atoms. The SMILES string of the molecule is COC(=O)C(CNc1ccc(C#N)c(C#N)c1)NC(C)=O. The Morgan fingerprint density at radius 1 is 1.29 bits per heavy atom. The van der Waals surface area contributed by atoms with Gasteiger partial charge in [0, 0.05) is 19.2 Å². The Bertz CT molecular complexity index is 628. The number of amides is 1. The first-order valence-corrected chi connectivity index (χ1v) is 6.05. The van der Waals surface area contributed by atoms with Gasteiger partial charge >= 0.3 is 5.97 Å². The van der Waals surface area contributed by atoms with Gasteiger partial charge in [-0.15, -0.1) is 0 Å². The minimum atomic E-state index is -0.839. The Balaban J connectivity index is 2.81. The third-order valence-electron chi connectivity index (χ3n) is 2.63. The van der Waals surface area contributed by atoms with E-state index >= 15 is 0 Å². The number of methoxy groups -OCH3 is 1. The van der Waals surface area contributed by atoms with Crippen LogP contribution in [0, 0.1) is 22.7 Å². The number of ether oxygens (including phenoxy) is 1.